The summed E-state index contributed by atoms with van der Waals surface area (Å²) in [5, 5.41) is 9.83. The molecule has 206 valence electrons. The minimum atomic E-state index is -2.04. The number of amides is 4. The van der Waals surface area contributed by atoms with Crippen LogP contribution < -0.4 is 4.90 Å². The second-order valence-electron chi connectivity index (χ2n) is 10.5. The van der Waals surface area contributed by atoms with Gasteiger partial charge in [0.15, 0.2) is 21.3 Å². The van der Waals surface area contributed by atoms with Gasteiger partial charge in [0.1, 0.15) is 0 Å². The number of aromatic hydroxyl groups is 1. The summed E-state index contributed by atoms with van der Waals surface area (Å²) in [7, 11) is 0. The number of carbonyl (C=O) groups is 4. The maximum atomic E-state index is 14.6. The molecule has 1 saturated carbocycles. The fourth-order valence-corrected chi connectivity index (χ4v) is 8.27. The maximum Gasteiger partial charge on any atom is 0.254 e. The molecule has 0 radical (unpaired) electrons. The van der Waals surface area contributed by atoms with Crippen LogP contribution in [0, 0.1) is 23.6 Å². The third-order valence-corrected chi connectivity index (χ3v) is 10.6. The quantitative estimate of drug-likeness (QED) is 0.216. The van der Waals surface area contributed by atoms with Crippen LogP contribution in [0.1, 0.15) is 29.9 Å². The van der Waals surface area contributed by atoms with Gasteiger partial charge in [-0.1, -0.05) is 58.4 Å². The Labute approximate surface area is 247 Å². The lowest BCUT2D eigenvalue weighted by molar-refractivity contribution is -0.138. The second kappa shape index (κ2) is 9.26. The number of likely N-dealkylation sites (tertiary alicyclic amines) is 1. The van der Waals surface area contributed by atoms with E-state index in [1.54, 1.807) is 36.4 Å². The highest BCUT2D eigenvalue weighted by Crippen LogP contribution is 2.65. The molecule has 2 aromatic carbocycles. The molecular formula is C29H22BrCl2FN2O5. The number of hydrogen-bond donors (Lipinski definition) is 1. The van der Waals surface area contributed by atoms with Crippen molar-refractivity contribution >= 4 is 74.5 Å². The lowest BCUT2D eigenvalue weighted by atomic mass is 9.56. The van der Waals surface area contributed by atoms with Crippen LogP contribution in [-0.4, -0.2) is 48.8 Å². The number of nitrogens with zero attached hydrogens (tertiary/aromatic N) is 2. The minimum Gasteiger partial charge on any atom is -0.505 e. The number of halogens is 4. The van der Waals surface area contributed by atoms with Crippen LogP contribution in [0.25, 0.3) is 6.08 Å². The first-order valence-corrected chi connectivity index (χ1v) is 14.5. The van der Waals surface area contributed by atoms with Gasteiger partial charge in [-0.15, -0.1) is 23.2 Å². The summed E-state index contributed by atoms with van der Waals surface area (Å²) in [5.74, 6) is -7.24. The van der Waals surface area contributed by atoms with Crippen LogP contribution in [0.2, 0.25) is 0 Å². The molecule has 6 atom stereocenters. The Morgan fingerprint density at radius 2 is 1.75 bits per heavy atom. The number of anilines is 1. The number of allylic oxidation sites excluding steroid dienone is 2. The predicted molar refractivity (Wildman–Crippen MR) is 150 cm³/mol. The SMILES string of the molecule is C=Cc1ccc(N2C(=O)C3CC=C4C(CC5(Cl)C(=O)N(CBr)C(=O)C5(Cl)C4c4ccc(O)c(F)c4)C3C2=O)cc1. The van der Waals surface area contributed by atoms with Gasteiger partial charge >= 0.3 is 0 Å². The molecule has 0 aromatic heterocycles. The van der Waals surface area contributed by atoms with Gasteiger partial charge in [-0.25, -0.2) is 4.39 Å². The van der Waals surface area contributed by atoms with Crippen LogP contribution in [0.4, 0.5) is 10.1 Å². The zero-order valence-corrected chi connectivity index (χ0v) is 23.9. The lowest BCUT2D eigenvalue weighted by Crippen LogP contribution is -2.60. The molecule has 2 aliphatic carbocycles. The molecule has 1 N–H and O–H groups in total. The summed E-state index contributed by atoms with van der Waals surface area (Å²) < 4.78 is 14.6. The molecule has 2 aromatic rings. The summed E-state index contributed by atoms with van der Waals surface area (Å²) in [6.07, 6.45) is 3.44. The molecular weight excluding hydrogens is 626 g/mol. The Bertz CT molecular complexity index is 1550. The van der Waals surface area contributed by atoms with Crippen LogP contribution in [0.3, 0.4) is 0 Å². The van der Waals surface area contributed by atoms with Crippen molar-refractivity contribution < 1.29 is 28.7 Å². The number of rotatable bonds is 4. The summed E-state index contributed by atoms with van der Waals surface area (Å²) in [5.41, 5.74) is 1.83. The van der Waals surface area contributed by atoms with Crippen molar-refractivity contribution in [3.63, 3.8) is 0 Å². The number of hydrogen-bond acceptors (Lipinski definition) is 5. The van der Waals surface area contributed by atoms with E-state index in [1.807, 2.05) is 0 Å². The number of imide groups is 2. The van der Waals surface area contributed by atoms with Gasteiger partial charge in [0.05, 0.1) is 23.0 Å². The van der Waals surface area contributed by atoms with Crippen LogP contribution in [0.15, 0.2) is 60.7 Å². The average Bonchev–Trinajstić information content (AvgIpc) is 3.28. The predicted octanol–water partition coefficient (Wildman–Crippen LogP) is 5.09. The lowest BCUT2D eigenvalue weighted by Gasteiger charge is -2.50. The van der Waals surface area contributed by atoms with Crippen molar-refractivity contribution in [3.8, 4) is 5.75 Å². The van der Waals surface area contributed by atoms with E-state index in [0.29, 0.717) is 11.3 Å². The number of alkyl halides is 3. The zero-order chi connectivity index (χ0) is 28.7. The summed E-state index contributed by atoms with van der Waals surface area (Å²) >= 11 is 17.4. The molecule has 3 fully saturated rings. The first-order chi connectivity index (χ1) is 19.0. The van der Waals surface area contributed by atoms with E-state index in [1.165, 1.54) is 6.07 Å². The van der Waals surface area contributed by atoms with E-state index >= 15 is 0 Å². The molecule has 40 heavy (non-hydrogen) atoms. The molecule has 0 spiro atoms. The molecule has 0 bridgehead atoms. The molecule has 4 aliphatic rings. The fraction of sp³-hybridized carbons (Fsp3) is 0.310. The van der Waals surface area contributed by atoms with E-state index in [2.05, 4.69) is 22.5 Å². The molecule has 6 rings (SSSR count). The van der Waals surface area contributed by atoms with Crippen LogP contribution in [-0.2, 0) is 19.2 Å². The molecule has 2 saturated heterocycles. The van der Waals surface area contributed by atoms with Gasteiger partial charge < -0.3 is 5.11 Å². The van der Waals surface area contributed by atoms with Crippen molar-refractivity contribution in [3.05, 3.63) is 77.6 Å². The number of benzene rings is 2. The van der Waals surface area contributed by atoms with Crippen molar-refractivity contribution in [1.82, 2.24) is 4.90 Å². The normalized spacial score (nSPS) is 33.0. The molecule has 11 heteroatoms. The van der Waals surface area contributed by atoms with Crippen LogP contribution >= 0.6 is 39.1 Å². The highest BCUT2D eigenvalue weighted by molar-refractivity contribution is 9.09. The second-order valence-corrected chi connectivity index (χ2v) is 12.2. The van der Waals surface area contributed by atoms with Gasteiger partial charge in [0.2, 0.25) is 11.8 Å². The fourth-order valence-electron chi connectivity index (χ4n) is 6.84. The number of fused-ring (bicyclic) bond motifs is 4. The zero-order valence-electron chi connectivity index (χ0n) is 20.8. The summed E-state index contributed by atoms with van der Waals surface area (Å²) in [4.78, 5) is 52.9. The molecule has 2 heterocycles. The van der Waals surface area contributed by atoms with E-state index in [0.717, 1.165) is 27.5 Å². The molecule has 6 unspecified atom stereocenters. The van der Waals surface area contributed by atoms with Gasteiger partial charge in [0.25, 0.3) is 11.8 Å². The van der Waals surface area contributed by atoms with Crippen molar-refractivity contribution in [2.24, 2.45) is 17.8 Å². The number of carbonyl (C=O) groups excluding carboxylic acids is 4. The Hall–Kier alpha value is -3.01. The smallest absolute Gasteiger partial charge is 0.254 e. The monoisotopic (exact) mass is 646 g/mol. The number of phenolic OH excluding ortho intramolecular Hbond substituents is 1. The Kier molecular flexibility index (Phi) is 6.29. The van der Waals surface area contributed by atoms with Crippen molar-refractivity contribution in [2.45, 2.75) is 28.5 Å². The largest absolute Gasteiger partial charge is 0.505 e. The van der Waals surface area contributed by atoms with Crippen LogP contribution in [0.5, 0.6) is 5.75 Å². The highest BCUT2D eigenvalue weighted by Gasteiger charge is 2.76. The van der Waals surface area contributed by atoms with Gasteiger partial charge in [-0.2, -0.15) is 0 Å². The molecule has 4 amide bonds. The minimum absolute atomic E-state index is 0.161. The Morgan fingerprint density at radius 3 is 2.38 bits per heavy atom. The van der Waals surface area contributed by atoms with E-state index in [-0.39, 0.29) is 29.8 Å². The van der Waals surface area contributed by atoms with E-state index in [9.17, 15) is 28.7 Å². The summed E-state index contributed by atoms with van der Waals surface area (Å²) in [6.45, 7) is 3.72. The molecule has 2 aliphatic heterocycles. The molecule has 7 nitrogen and oxygen atoms in total. The van der Waals surface area contributed by atoms with E-state index in [4.69, 9.17) is 23.2 Å². The first-order valence-electron chi connectivity index (χ1n) is 12.6. The van der Waals surface area contributed by atoms with Gasteiger partial charge in [-0.05, 0) is 54.2 Å². The van der Waals surface area contributed by atoms with E-state index < -0.39 is 62.7 Å². The number of phenols is 1. The third-order valence-electron chi connectivity index (χ3n) is 8.71. The maximum absolute atomic E-state index is 14.6. The Morgan fingerprint density at radius 1 is 1.05 bits per heavy atom. The van der Waals surface area contributed by atoms with Gasteiger partial charge in [-0.3, -0.25) is 29.0 Å². The van der Waals surface area contributed by atoms with Gasteiger partial charge in [0, 0.05) is 5.92 Å². The standard InChI is InChI=1S/C29H22BrCl2FN2O5/c1-2-14-3-6-16(7-4-14)35-24(37)18-9-8-17-19(22(18)25(35)38)12-28(31)26(39)34(13-30)27(40)29(28,32)23(17)15-5-10-21(36)20(33)11-15/h2-8,10-11,18-19,22-23,36H,1,9,12-13H2. The first kappa shape index (κ1) is 27.2. The Balaban J connectivity index is 1.50. The third kappa shape index (κ3) is 3.40. The van der Waals surface area contributed by atoms with Crippen molar-refractivity contribution in [2.75, 3.05) is 10.4 Å². The highest BCUT2D eigenvalue weighted by atomic mass is 79.9. The topological polar surface area (TPSA) is 95.0 Å². The van der Waals surface area contributed by atoms with Crippen molar-refractivity contribution in [1.29, 1.82) is 0 Å². The summed E-state index contributed by atoms with van der Waals surface area (Å²) in [6, 6.07) is 10.4. The average molecular weight is 648 g/mol.